The van der Waals surface area contributed by atoms with Crippen LogP contribution in [0.1, 0.15) is 41.1 Å². The van der Waals surface area contributed by atoms with Gasteiger partial charge in [-0.05, 0) is 52.4 Å². The number of amides is 1. The third-order valence-electron chi connectivity index (χ3n) is 5.15. The van der Waals surface area contributed by atoms with Crippen molar-refractivity contribution in [3.05, 3.63) is 83.1 Å². The molecule has 4 rings (SSSR count). The smallest absolute Gasteiger partial charge is 0.287 e. The summed E-state index contributed by atoms with van der Waals surface area (Å²) >= 11 is 0. The lowest BCUT2D eigenvalue weighted by Gasteiger charge is -2.10. The highest BCUT2D eigenvalue weighted by Gasteiger charge is 2.14. The molecule has 0 saturated heterocycles. The average molecular weight is 357 g/mol. The van der Waals surface area contributed by atoms with Gasteiger partial charge in [0.1, 0.15) is 5.58 Å². The molecule has 0 bridgehead atoms. The second-order valence-electron chi connectivity index (χ2n) is 6.80. The van der Waals surface area contributed by atoms with E-state index >= 15 is 0 Å². The molecule has 3 nitrogen and oxygen atoms in total. The molecular weight excluding hydrogens is 334 g/mol. The molecule has 1 heterocycles. The molecule has 0 spiro atoms. The van der Waals surface area contributed by atoms with E-state index < -0.39 is 0 Å². The molecule has 27 heavy (non-hydrogen) atoms. The van der Waals surface area contributed by atoms with Crippen LogP contribution in [0.4, 0.5) is 0 Å². The van der Waals surface area contributed by atoms with Gasteiger partial charge in [-0.1, -0.05) is 62.4 Å². The lowest BCUT2D eigenvalue weighted by molar-refractivity contribution is 0.0925. The Morgan fingerprint density at radius 3 is 2.56 bits per heavy atom. The SMILES string of the molecule is CCc1ccc(CC)c(CNC(=O)c2cc3c(ccc4ccccc43)o2)c1. The molecule has 136 valence electrons. The van der Waals surface area contributed by atoms with E-state index in [1.165, 1.54) is 16.7 Å². The highest BCUT2D eigenvalue weighted by atomic mass is 16.3. The van der Waals surface area contributed by atoms with Crippen molar-refractivity contribution in [1.29, 1.82) is 0 Å². The third kappa shape index (κ3) is 3.33. The molecule has 0 unspecified atom stereocenters. The van der Waals surface area contributed by atoms with Crippen LogP contribution >= 0.6 is 0 Å². The Balaban J connectivity index is 1.59. The molecule has 4 aromatic rings. The first-order valence-corrected chi connectivity index (χ1v) is 9.49. The third-order valence-corrected chi connectivity index (χ3v) is 5.15. The maximum Gasteiger partial charge on any atom is 0.287 e. The molecule has 0 saturated carbocycles. The molecule has 1 N–H and O–H groups in total. The van der Waals surface area contributed by atoms with Crippen LogP contribution < -0.4 is 5.32 Å². The minimum atomic E-state index is -0.181. The van der Waals surface area contributed by atoms with E-state index in [2.05, 4.69) is 49.5 Å². The number of carbonyl (C=O) groups excluding carboxylic acids is 1. The van der Waals surface area contributed by atoms with Gasteiger partial charge in [-0.3, -0.25) is 4.79 Å². The molecule has 0 aliphatic heterocycles. The predicted molar refractivity (Wildman–Crippen MR) is 110 cm³/mol. The van der Waals surface area contributed by atoms with E-state index in [0.717, 1.165) is 34.6 Å². The zero-order valence-electron chi connectivity index (χ0n) is 15.7. The van der Waals surface area contributed by atoms with Gasteiger partial charge in [0.15, 0.2) is 5.76 Å². The van der Waals surface area contributed by atoms with Gasteiger partial charge in [-0.15, -0.1) is 0 Å². The van der Waals surface area contributed by atoms with Crippen molar-refractivity contribution in [3.8, 4) is 0 Å². The summed E-state index contributed by atoms with van der Waals surface area (Å²) in [7, 11) is 0. The van der Waals surface area contributed by atoms with Crippen LogP contribution in [-0.2, 0) is 19.4 Å². The van der Waals surface area contributed by atoms with Crippen LogP contribution in [0.5, 0.6) is 0 Å². The molecule has 0 atom stereocenters. The van der Waals surface area contributed by atoms with Crippen molar-refractivity contribution in [3.63, 3.8) is 0 Å². The topological polar surface area (TPSA) is 42.2 Å². The standard InChI is InChI=1S/C24H23NO2/c1-3-16-9-10-17(4-2)19(13-16)15-25-24(26)23-14-21-20-8-6-5-7-18(20)11-12-22(21)27-23/h5-14H,3-4,15H2,1-2H3,(H,25,26). The van der Waals surface area contributed by atoms with Crippen molar-refractivity contribution < 1.29 is 9.21 Å². The fraction of sp³-hybridized carbons (Fsp3) is 0.208. The van der Waals surface area contributed by atoms with Gasteiger partial charge >= 0.3 is 0 Å². The van der Waals surface area contributed by atoms with Crippen molar-refractivity contribution in [2.75, 3.05) is 0 Å². The number of fused-ring (bicyclic) bond motifs is 3. The molecule has 0 aliphatic rings. The van der Waals surface area contributed by atoms with Crippen molar-refractivity contribution in [1.82, 2.24) is 5.32 Å². The maximum atomic E-state index is 12.7. The number of hydrogen-bond acceptors (Lipinski definition) is 2. The number of rotatable bonds is 5. The molecular formula is C24H23NO2. The number of carbonyl (C=O) groups is 1. The Morgan fingerprint density at radius 1 is 0.889 bits per heavy atom. The summed E-state index contributed by atoms with van der Waals surface area (Å²) in [4.78, 5) is 12.7. The summed E-state index contributed by atoms with van der Waals surface area (Å²) in [6, 6.07) is 20.4. The Morgan fingerprint density at radius 2 is 1.74 bits per heavy atom. The van der Waals surface area contributed by atoms with Crippen LogP contribution in [0.15, 0.2) is 65.1 Å². The van der Waals surface area contributed by atoms with Crippen molar-refractivity contribution >= 4 is 27.6 Å². The molecule has 3 aromatic carbocycles. The second kappa shape index (κ2) is 7.28. The highest BCUT2D eigenvalue weighted by Crippen LogP contribution is 2.28. The summed E-state index contributed by atoms with van der Waals surface area (Å²) in [5, 5.41) is 6.23. The number of hydrogen-bond donors (Lipinski definition) is 1. The van der Waals surface area contributed by atoms with Crippen LogP contribution in [0.3, 0.4) is 0 Å². The first-order valence-electron chi connectivity index (χ1n) is 9.49. The van der Waals surface area contributed by atoms with Crippen LogP contribution in [0.2, 0.25) is 0 Å². The van der Waals surface area contributed by atoms with E-state index in [0.29, 0.717) is 12.3 Å². The quantitative estimate of drug-likeness (QED) is 0.502. The van der Waals surface area contributed by atoms with Gasteiger partial charge in [-0.2, -0.15) is 0 Å². The summed E-state index contributed by atoms with van der Waals surface area (Å²) in [5.74, 6) is 0.172. The van der Waals surface area contributed by atoms with Crippen LogP contribution in [0, 0.1) is 0 Å². The van der Waals surface area contributed by atoms with E-state index in [1.54, 1.807) is 0 Å². The van der Waals surface area contributed by atoms with Gasteiger partial charge in [-0.25, -0.2) is 0 Å². The Labute approximate surface area is 159 Å². The van der Waals surface area contributed by atoms with Crippen LogP contribution in [0.25, 0.3) is 21.7 Å². The lowest BCUT2D eigenvalue weighted by atomic mass is 10.0. The summed E-state index contributed by atoms with van der Waals surface area (Å²) in [6.07, 6.45) is 1.94. The summed E-state index contributed by atoms with van der Waals surface area (Å²) < 4.78 is 5.82. The maximum absolute atomic E-state index is 12.7. The summed E-state index contributed by atoms with van der Waals surface area (Å²) in [5.41, 5.74) is 4.46. The van der Waals surface area contributed by atoms with E-state index in [9.17, 15) is 4.79 Å². The number of furan rings is 1. The highest BCUT2D eigenvalue weighted by molar-refractivity contribution is 6.08. The Hall–Kier alpha value is -3.07. The fourth-order valence-corrected chi connectivity index (χ4v) is 3.58. The normalized spacial score (nSPS) is 11.2. The number of benzene rings is 3. The first-order chi connectivity index (χ1) is 13.2. The lowest BCUT2D eigenvalue weighted by Crippen LogP contribution is -2.23. The second-order valence-corrected chi connectivity index (χ2v) is 6.80. The zero-order valence-corrected chi connectivity index (χ0v) is 15.7. The monoisotopic (exact) mass is 357 g/mol. The first kappa shape index (κ1) is 17.3. The minimum Gasteiger partial charge on any atom is -0.451 e. The van der Waals surface area contributed by atoms with Crippen molar-refractivity contribution in [2.24, 2.45) is 0 Å². The van der Waals surface area contributed by atoms with Crippen LogP contribution in [-0.4, -0.2) is 5.91 Å². The Kier molecular flexibility index (Phi) is 4.68. The molecule has 0 fully saturated rings. The largest absolute Gasteiger partial charge is 0.451 e. The zero-order chi connectivity index (χ0) is 18.8. The minimum absolute atomic E-state index is 0.181. The van der Waals surface area contributed by atoms with Gasteiger partial charge in [0.05, 0.1) is 0 Å². The van der Waals surface area contributed by atoms with Gasteiger partial charge in [0.25, 0.3) is 5.91 Å². The van der Waals surface area contributed by atoms with E-state index in [4.69, 9.17) is 4.42 Å². The van der Waals surface area contributed by atoms with E-state index in [-0.39, 0.29) is 5.91 Å². The van der Waals surface area contributed by atoms with Gasteiger partial charge in [0.2, 0.25) is 0 Å². The van der Waals surface area contributed by atoms with Gasteiger partial charge in [0, 0.05) is 11.9 Å². The molecule has 0 aliphatic carbocycles. The molecule has 3 heteroatoms. The molecule has 0 radical (unpaired) electrons. The number of nitrogens with one attached hydrogen (secondary N) is 1. The molecule has 1 aromatic heterocycles. The average Bonchev–Trinajstić information content (AvgIpc) is 3.16. The summed E-state index contributed by atoms with van der Waals surface area (Å²) in [6.45, 7) is 4.78. The van der Waals surface area contributed by atoms with Crippen molar-refractivity contribution in [2.45, 2.75) is 33.2 Å². The fourth-order valence-electron chi connectivity index (χ4n) is 3.58. The Bertz CT molecular complexity index is 1120. The van der Waals surface area contributed by atoms with E-state index in [1.807, 2.05) is 30.3 Å². The number of aryl methyl sites for hydroxylation is 2. The predicted octanol–water partition coefficient (Wildman–Crippen LogP) is 5.64. The van der Waals surface area contributed by atoms with Gasteiger partial charge < -0.3 is 9.73 Å². The molecule has 1 amide bonds.